The van der Waals surface area contributed by atoms with Gasteiger partial charge < -0.3 is 15.2 Å². The number of nitrogens with one attached hydrogen (secondary N) is 1. The van der Waals surface area contributed by atoms with Crippen molar-refractivity contribution in [3.8, 4) is 11.8 Å². The summed E-state index contributed by atoms with van der Waals surface area (Å²) in [5.41, 5.74) is 1.16. The van der Waals surface area contributed by atoms with Crippen molar-refractivity contribution in [2.45, 2.75) is 26.1 Å². The molecule has 0 saturated heterocycles. The van der Waals surface area contributed by atoms with Crippen LogP contribution in [0.4, 0.5) is 0 Å². The molecule has 0 radical (unpaired) electrons. The highest BCUT2D eigenvalue weighted by molar-refractivity contribution is 7.07. The van der Waals surface area contributed by atoms with Crippen LogP contribution in [-0.2, 0) is 4.79 Å². The summed E-state index contributed by atoms with van der Waals surface area (Å²) >= 11 is 1.49. The molecule has 1 heterocycles. The predicted octanol–water partition coefficient (Wildman–Crippen LogP) is 2.87. The van der Waals surface area contributed by atoms with Gasteiger partial charge in [-0.3, -0.25) is 4.79 Å². The fourth-order valence-corrected chi connectivity index (χ4v) is 2.88. The lowest BCUT2D eigenvalue weighted by atomic mass is 10.1. The van der Waals surface area contributed by atoms with E-state index in [-0.39, 0.29) is 18.4 Å². The fourth-order valence-electron chi connectivity index (χ4n) is 2.17. The van der Waals surface area contributed by atoms with Crippen LogP contribution in [0.3, 0.4) is 0 Å². The first-order chi connectivity index (χ1) is 11.5. The topological polar surface area (TPSA) is 82.3 Å². The zero-order valence-corrected chi connectivity index (χ0v) is 14.4. The van der Waals surface area contributed by atoms with Gasteiger partial charge in [0, 0.05) is 6.54 Å². The van der Waals surface area contributed by atoms with Crippen LogP contribution in [-0.4, -0.2) is 23.7 Å². The van der Waals surface area contributed by atoms with Gasteiger partial charge in [-0.25, -0.2) is 0 Å². The summed E-state index contributed by atoms with van der Waals surface area (Å²) in [5, 5.41) is 25.6. The first kappa shape index (κ1) is 18.0. The Morgan fingerprint density at radius 1 is 1.38 bits per heavy atom. The van der Waals surface area contributed by atoms with Crippen molar-refractivity contribution < 1.29 is 14.6 Å². The van der Waals surface area contributed by atoms with E-state index in [4.69, 9.17) is 10.00 Å². The van der Waals surface area contributed by atoms with Crippen molar-refractivity contribution in [1.82, 2.24) is 5.32 Å². The highest BCUT2D eigenvalue weighted by atomic mass is 32.1. The van der Waals surface area contributed by atoms with Crippen molar-refractivity contribution in [2.24, 2.45) is 5.92 Å². The average Bonchev–Trinajstić information content (AvgIpc) is 3.12. The number of hydrogen-bond acceptors (Lipinski definition) is 5. The highest BCUT2D eigenvalue weighted by Gasteiger charge is 2.25. The molecule has 2 N–H and O–H groups in total. The molecule has 0 aliphatic carbocycles. The third kappa shape index (κ3) is 4.57. The van der Waals surface area contributed by atoms with E-state index in [9.17, 15) is 9.90 Å². The number of carbonyl (C=O) groups is 1. The van der Waals surface area contributed by atoms with Crippen molar-refractivity contribution in [2.75, 3.05) is 6.54 Å². The molecule has 24 heavy (non-hydrogen) atoms. The van der Waals surface area contributed by atoms with Gasteiger partial charge in [0.25, 0.3) is 5.91 Å². The summed E-state index contributed by atoms with van der Waals surface area (Å²) in [6, 6.07) is 10.7. The third-order valence-corrected chi connectivity index (χ3v) is 4.22. The first-order valence-electron chi connectivity index (χ1n) is 7.66. The number of ether oxygens (including phenoxy) is 1. The van der Waals surface area contributed by atoms with E-state index in [1.165, 1.54) is 11.3 Å². The molecule has 2 unspecified atom stereocenters. The maximum atomic E-state index is 12.4. The van der Waals surface area contributed by atoms with Crippen molar-refractivity contribution in [3.05, 3.63) is 52.2 Å². The molecule has 2 atom stereocenters. The molecular weight excluding hydrogens is 324 g/mol. The second kappa shape index (κ2) is 8.48. The van der Waals surface area contributed by atoms with Gasteiger partial charge in [-0.15, -0.1) is 0 Å². The van der Waals surface area contributed by atoms with E-state index in [1.54, 1.807) is 24.3 Å². The van der Waals surface area contributed by atoms with E-state index in [0.717, 1.165) is 5.56 Å². The second-order valence-electron chi connectivity index (χ2n) is 5.71. The average molecular weight is 344 g/mol. The quantitative estimate of drug-likeness (QED) is 0.809. The number of aliphatic hydroxyl groups is 1. The van der Waals surface area contributed by atoms with Crippen LogP contribution in [0.15, 0.2) is 41.1 Å². The van der Waals surface area contributed by atoms with Crippen LogP contribution >= 0.6 is 11.3 Å². The number of aliphatic hydroxyl groups excluding tert-OH is 1. The summed E-state index contributed by atoms with van der Waals surface area (Å²) < 4.78 is 5.77. The lowest BCUT2D eigenvalue weighted by molar-refractivity contribution is -0.130. The van der Waals surface area contributed by atoms with Crippen LogP contribution in [0.25, 0.3) is 0 Å². The molecule has 0 aliphatic rings. The minimum absolute atomic E-state index is 0.0879. The first-order valence-corrected chi connectivity index (χ1v) is 8.61. The maximum Gasteiger partial charge on any atom is 0.261 e. The van der Waals surface area contributed by atoms with E-state index >= 15 is 0 Å². The molecule has 6 heteroatoms. The summed E-state index contributed by atoms with van der Waals surface area (Å²) in [7, 11) is 0. The van der Waals surface area contributed by atoms with Crippen LogP contribution < -0.4 is 10.1 Å². The molecule has 0 spiro atoms. The zero-order valence-electron chi connectivity index (χ0n) is 13.6. The standard InChI is InChI=1S/C18H20N2O3S/c1-12(2)17(23-16-6-4-3-5-13(16)9-19)18(22)20-10-15(21)14-7-8-24-11-14/h3-8,11-12,15,17,21H,10H2,1-2H3,(H,20,22). The number of rotatable bonds is 7. The number of nitriles is 1. The summed E-state index contributed by atoms with van der Waals surface area (Å²) in [5.74, 6) is -0.0192. The van der Waals surface area contributed by atoms with Gasteiger partial charge in [-0.1, -0.05) is 26.0 Å². The lowest BCUT2D eigenvalue weighted by Gasteiger charge is -2.23. The Hall–Kier alpha value is -2.36. The molecule has 126 valence electrons. The van der Waals surface area contributed by atoms with Gasteiger partial charge in [0.2, 0.25) is 0 Å². The van der Waals surface area contributed by atoms with Crippen LogP contribution in [0, 0.1) is 17.2 Å². The van der Waals surface area contributed by atoms with Gasteiger partial charge >= 0.3 is 0 Å². The fraction of sp³-hybridized carbons (Fsp3) is 0.333. The van der Waals surface area contributed by atoms with Crippen molar-refractivity contribution in [1.29, 1.82) is 5.26 Å². The maximum absolute atomic E-state index is 12.4. The van der Waals surface area contributed by atoms with E-state index in [0.29, 0.717) is 11.3 Å². The Balaban J connectivity index is 2.02. The lowest BCUT2D eigenvalue weighted by Crippen LogP contribution is -2.43. The van der Waals surface area contributed by atoms with Gasteiger partial charge in [-0.05, 0) is 40.4 Å². The normalized spacial score (nSPS) is 13.1. The summed E-state index contributed by atoms with van der Waals surface area (Å²) in [6.07, 6.45) is -1.49. The van der Waals surface area contributed by atoms with Gasteiger partial charge in [0.15, 0.2) is 6.10 Å². The Morgan fingerprint density at radius 2 is 2.12 bits per heavy atom. The Morgan fingerprint density at radius 3 is 2.75 bits per heavy atom. The monoisotopic (exact) mass is 344 g/mol. The van der Waals surface area contributed by atoms with E-state index < -0.39 is 12.2 Å². The minimum atomic E-state index is -0.751. The van der Waals surface area contributed by atoms with E-state index in [2.05, 4.69) is 11.4 Å². The zero-order chi connectivity index (χ0) is 17.5. The Labute approximate surface area is 145 Å². The number of hydrogen-bond donors (Lipinski definition) is 2. The molecule has 5 nitrogen and oxygen atoms in total. The smallest absolute Gasteiger partial charge is 0.261 e. The molecule has 1 aromatic heterocycles. The third-order valence-electron chi connectivity index (χ3n) is 3.52. The van der Waals surface area contributed by atoms with Crippen LogP contribution in [0.5, 0.6) is 5.75 Å². The number of thiophene rings is 1. The second-order valence-corrected chi connectivity index (χ2v) is 6.49. The molecule has 0 saturated carbocycles. The number of carbonyl (C=O) groups excluding carboxylic acids is 1. The van der Waals surface area contributed by atoms with Crippen molar-refractivity contribution >= 4 is 17.2 Å². The van der Waals surface area contributed by atoms with Gasteiger partial charge in [0.1, 0.15) is 11.8 Å². The molecular formula is C18H20N2O3S. The van der Waals surface area contributed by atoms with Crippen molar-refractivity contribution in [3.63, 3.8) is 0 Å². The highest BCUT2D eigenvalue weighted by Crippen LogP contribution is 2.21. The number of nitrogens with zero attached hydrogens (tertiary/aromatic N) is 1. The predicted molar refractivity (Wildman–Crippen MR) is 92.7 cm³/mol. The molecule has 0 fully saturated rings. The molecule has 1 amide bonds. The molecule has 0 bridgehead atoms. The molecule has 1 aromatic carbocycles. The molecule has 0 aliphatic heterocycles. The molecule has 2 aromatic rings. The number of para-hydroxylation sites is 1. The summed E-state index contributed by atoms with van der Waals surface area (Å²) in [6.45, 7) is 3.85. The molecule has 2 rings (SSSR count). The minimum Gasteiger partial charge on any atom is -0.479 e. The number of amides is 1. The Bertz CT molecular complexity index is 707. The SMILES string of the molecule is CC(C)C(Oc1ccccc1C#N)C(=O)NCC(O)c1ccsc1. The number of benzene rings is 1. The van der Waals surface area contributed by atoms with Gasteiger partial charge in [0.05, 0.1) is 11.7 Å². The van der Waals surface area contributed by atoms with E-state index in [1.807, 2.05) is 30.7 Å². The Kier molecular flexibility index (Phi) is 6.36. The van der Waals surface area contributed by atoms with Gasteiger partial charge in [-0.2, -0.15) is 16.6 Å². The van der Waals surface area contributed by atoms with Crippen LogP contribution in [0.2, 0.25) is 0 Å². The van der Waals surface area contributed by atoms with Crippen LogP contribution in [0.1, 0.15) is 31.1 Å². The summed E-state index contributed by atoms with van der Waals surface area (Å²) in [4.78, 5) is 12.4. The largest absolute Gasteiger partial charge is 0.479 e.